The number of hydrogen-bond donors (Lipinski definition) is 2. The molecule has 0 aliphatic carbocycles. The largest absolute Gasteiger partial charge is 0.438 e. The molecule has 2 aromatic carbocycles. The van der Waals surface area contributed by atoms with Crippen LogP contribution >= 0.6 is 15.9 Å². The smallest absolute Gasteiger partial charge is 0.261 e. The Morgan fingerprint density at radius 3 is 2.52 bits per heavy atom. The third-order valence-corrected chi connectivity index (χ3v) is 4.19. The first-order valence-corrected chi connectivity index (χ1v) is 7.90. The monoisotopic (exact) mass is 370 g/mol. The predicted octanol–water partition coefficient (Wildman–Crippen LogP) is 4.54. The van der Waals surface area contributed by atoms with Crippen LogP contribution in [-0.2, 0) is 0 Å². The number of carbonyl (C=O) groups excluding carboxylic acids is 1. The second-order valence-corrected chi connectivity index (χ2v) is 6.31. The lowest BCUT2D eigenvalue weighted by molar-refractivity contribution is 0.102. The van der Waals surface area contributed by atoms with Crippen molar-refractivity contribution in [3.63, 3.8) is 0 Å². The molecule has 2 N–H and O–H groups in total. The van der Waals surface area contributed by atoms with E-state index in [1.165, 1.54) is 0 Å². The zero-order chi connectivity index (χ0) is 16.6. The minimum absolute atomic E-state index is 0.149. The second kappa shape index (κ2) is 6.01. The van der Waals surface area contributed by atoms with Gasteiger partial charge in [0, 0.05) is 15.5 Å². The van der Waals surface area contributed by atoms with Crippen molar-refractivity contribution in [2.24, 2.45) is 0 Å². The summed E-state index contributed by atoms with van der Waals surface area (Å²) in [5.74, 6) is -0.349. The molecule has 1 amide bonds. The molecular weight excluding hydrogens is 356 g/mol. The van der Waals surface area contributed by atoms with Crippen molar-refractivity contribution < 1.29 is 9.21 Å². The van der Waals surface area contributed by atoms with Crippen molar-refractivity contribution in [1.29, 1.82) is 5.41 Å². The summed E-state index contributed by atoms with van der Waals surface area (Å²) in [6.07, 6.45) is 0. The number of rotatable bonds is 2. The van der Waals surface area contributed by atoms with Crippen LogP contribution in [0.25, 0.3) is 11.0 Å². The molecule has 3 aromatic rings. The van der Waals surface area contributed by atoms with Gasteiger partial charge in [-0.25, -0.2) is 0 Å². The topological polar surface area (TPSA) is 66.1 Å². The van der Waals surface area contributed by atoms with Gasteiger partial charge in [0.15, 0.2) is 0 Å². The summed E-state index contributed by atoms with van der Waals surface area (Å²) >= 11 is 3.40. The molecule has 0 saturated heterocycles. The fraction of sp³-hybridized carbons (Fsp3) is 0.111. The Bertz CT molecular complexity index is 956. The number of halogens is 1. The number of carbonyl (C=O) groups is 1. The third kappa shape index (κ3) is 3.05. The Kier molecular flexibility index (Phi) is 4.05. The summed E-state index contributed by atoms with van der Waals surface area (Å²) in [7, 11) is 0. The maximum atomic E-state index is 12.6. The highest BCUT2D eigenvalue weighted by Crippen LogP contribution is 2.22. The predicted molar refractivity (Wildman–Crippen MR) is 93.6 cm³/mol. The van der Waals surface area contributed by atoms with E-state index in [0.717, 1.165) is 26.7 Å². The Labute approximate surface area is 141 Å². The first-order chi connectivity index (χ1) is 11.0. The lowest BCUT2D eigenvalue weighted by Gasteiger charge is -2.11. The van der Waals surface area contributed by atoms with E-state index in [1.807, 2.05) is 44.2 Å². The molecular formula is C18H15BrN2O2. The number of nitrogens with one attached hydrogen (secondary N) is 2. The molecule has 5 heteroatoms. The van der Waals surface area contributed by atoms with Crippen LogP contribution < -0.4 is 10.9 Å². The average Bonchev–Trinajstić information content (AvgIpc) is 2.50. The minimum atomic E-state index is -0.349. The Balaban J connectivity index is 2.04. The van der Waals surface area contributed by atoms with Crippen molar-refractivity contribution in [3.05, 3.63) is 69.2 Å². The summed E-state index contributed by atoms with van der Waals surface area (Å²) < 4.78 is 6.34. The Morgan fingerprint density at radius 2 is 1.83 bits per heavy atom. The lowest BCUT2D eigenvalue weighted by atomic mass is 10.1. The zero-order valence-electron chi connectivity index (χ0n) is 12.7. The molecule has 23 heavy (non-hydrogen) atoms. The number of para-hydroxylation sites is 1. The van der Waals surface area contributed by atoms with Gasteiger partial charge in [-0.3, -0.25) is 10.2 Å². The zero-order valence-corrected chi connectivity index (χ0v) is 14.3. The molecule has 0 saturated carbocycles. The van der Waals surface area contributed by atoms with Crippen molar-refractivity contribution in [3.8, 4) is 0 Å². The molecule has 0 aliphatic heterocycles. The van der Waals surface area contributed by atoms with Crippen LogP contribution in [0, 0.1) is 19.3 Å². The number of hydrogen-bond acceptors (Lipinski definition) is 3. The normalized spacial score (nSPS) is 10.7. The highest BCUT2D eigenvalue weighted by molar-refractivity contribution is 9.10. The number of fused-ring (bicyclic) bond motifs is 1. The van der Waals surface area contributed by atoms with Gasteiger partial charge in [-0.15, -0.1) is 0 Å². The van der Waals surface area contributed by atoms with Gasteiger partial charge in [-0.1, -0.05) is 34.1 Å². The van der Waals surface area contributed by atoms with Crippen LogP contribution in [-0.4, -0.2) is 5.91 Å². The van der Waals surface area contributed by atoms with Crippen LogP contribution in [0.4, 0.5) is 5.69 Å². The first-order valence-electron chi connectivity index (χ1n) is 7.11. The lowest BCUT2D eigenvalue weighted by Crippen LogP contribution is -2.21. The molecule has 0 radical (unpaired) electrons. The van der Waals surface area contributed by atoms with Gasteiger partial charge in [-0.05, 0) is 49.2 Å². The molecule has 0 bridgehead atoms. The molecule has 4 nitrogen and oxygen atoms in total. The quantitative estimate of drug-likeness (QED) is 0.694. The van der Waals surface area contributed by atoms with Crippen molar-refractivity contribution >= 4 is 38.5 Å². The van der Waals surface area contributed by atoms with Gasteiger partial charge in [0.1, 0.15) is 11.1 Å². The van der Waals surface area contributed by atoms with E-state index in [4.69, 9.17) is 9.83 Å². The Hall–Kier alpha value is -2.40. The molecule has 0 fully saturated rings. The number of anilines is 1. The minimum Gasteiger partial charge on any atom is -0.438 e. The molecule has 1 heterocycles. The van der Waals surface area contributed by atoms with Crippen molar-refractivity contribution in [1.82, 2.24) is 0 Å². The summed E-state index contributed by atoms with van der Waals surface area (Å²) in [5.41, 5.74) is 3.35. The fourth-order valence-electron chi connectivity index (χ4n) is 2.47. The van der Waals surface area contributed by atoms with Gasteiger partial charge < -0.3 is 9.73 Å². The number of benzene rings is 2. The SMILES string of the molecule is Cc1cccc(C)c1NC(=O)c1cc2cc(Br)ccc2oc1=N. The third-order valence-electron chi connectivity index (χ3n) is 3.69. The van der Waals surface area contributed by atoms with E-state index in [1.54, 1.807) is 12.1 Å². The Morgan fingerprint density at radius 1 is 1.13 bits per heavy atom. The van der Waals surface area contributed by atoms with Crippen LogP contribution in [0.5, 0.6) is 0 Å². The van der Waals surface area contributed by atoms with Gasteiger partial charge in [0.25, 0.3) is 5.91 Å². The molecule has 116 valence electrons. The summed E-state index contributed by atoms with van der Waals surface area (Å²) in [6.45, 7) is 3.87. The number of aryl methyl sites for hydroxylation is 2. The molecule has 0 atom stereocenters. The average molecular weight is 371 g/mol. The summed E-state index contributed by atoms with van der Waals surface area (Å²) in [6, 6.07) is 13.0. The highest BCUT2D eigenvalue weighted by atomic mass is 79.9. The maximum absolute atomic E-state index is 12.6. The van der Waals surface area contributed by atoms with Gasteiger partial charge in [0.05, 0.1) is 0 Å². The van der Waals surface area contributed by atoms with Gasteiger partial charge >= 0.3 is 0 Å². The van der Waals surface area contributed by atoms with Crippen LogP contribution in [0.3, 0.4) is 0 Å². The van der Waals surface area contributed by atoms with E-state index in [-0.39, 0.29) is 17.0 Å². The molecule has 0 unspecified atom stereocenters. The van der Waals surface area contributed by atoms with E-state index < -0.39 is 0 Å². The molecule has 3 rings (SSSR count). The fourth-order valence-corrected chi connectivity index (χ4v) is 2.85. The number of amides is 1. The first kappa shape index (κ1) is 15.5. The van der Waals surface area contributed by atoms with E-state index in [9.17, 15) is 4.79 Å². The molecule has 0 aliphatic rings. The van der Waals surface area contributed by atoms with Gasteiger partial charge in [-0.2, -0.15) is 0 Å². The molecule has 1 aromatic heterocycles. The van der Waals surface area contributed by atoms with E-state index in [0.29, 0.717) is 5.58 Å². The van der Waals surface area contributed by atoms with Gasteiger partial charge in [0.2, 0.25) is 5.55 Å². The van der Waals surface area contributed by atoms with E-state index in [2.05, 4.69) is 21.2 Å². The summed E-state index contributed by atoms with van der Waals surface area (Å²) in [5, 5.41) is 11.6. The second-order valence-electron chi connectivity index (χ2n) is 5.39. The maximum Gasteiger partial charge on any atom is 0.261 e. The molecule has 0 spiro atoms. The van der Waals surface area contributed by atoms with Crippen LogP contribution in [0.15, 0.2) is 51.4 Å². The van der Waals surface area contributed by atoms with Crippen molar-refractivity contribution in [2.75, 3.05) is 5.32 Å². The van der Waals surface area contributed by atoms with E-state index >= 15 is 0 Å². The van der Waals surface area contributed by atoms with Crippen molar-refractivity contribution in [2.45, 2.75) is 13.8 Å². The standard InChI is InChI=1S/C18H15BrN2O2/c1-10-4-3-5-11(2)16(10)21-18(22)14-9-12-8-13(19)6-7-15(12)23-17(14)20/h3-9,20H,1-2H3,(H,21,22). The van der Waals surface area contributed by atoms with Crippen LogP contribution in [0.1, 0.15) is 21.5 Å². The van der Waals surface area contributed by atoms with Crippen LogP contribution in [0.2, 0.25) is 0 Å². The summed E-state index contributed by atoms with van der Waals surface area (Å²) in [4.78, 5) is 12.6. The highest BCUT2D eigenvalue weighted by Gasteiger charge is 2.14.